The van der Waals surface area contributed by atoms with E-state index in [4.69, 9.17) is 4.74 Å². The molecular weight excluding hydrogens is 405 g/mol. The molecule has 6 nitrogen and oxygen atoms in total. The zero-order chi connectivity index (χ0) is 21.3. The first kappa shape index (κ1) is 19.8. The molecule has 0 radical (unpaired) electrons. The third-order valence-electron chi connectivity index (χ3n) is 4.48. The van der Waals surface area contributed by atoms with Crippen molar-refractivity contribution in [2.24, 2.45) is 0 Å². The van der Waals surface area contributed by atoms with Crippen LogP contribution in [0, 0.1) is 19.7 Å². The summed E-state index contributed by atoms with van der Waals surface area (Å²) in [6.45, 7) is 3.11. The average molecular weight is 423 g/mol. The van der Waals surface area contributed by atoms with Gasteiger partial charge in [-0.25, -0.2) is 13.9 Å². The van der Waals surface area contributed by atoms with E-state index in [2.05, 4.69) is 10.4 Å². The summed E-state index contributed by atoms with van der Waals surface area (Å²) in [5, 5.41) is 7.78. The molecule has 0 aliphatic rings. The molecule has 1 amide bonds. The van der Waals surface area contributed by atoms with E-state index in [1.165, 1.54) is 23.5 Å². The minimum Gasteiger partial charge on any atom is -0.451 e. The van der Waals surface area contributed by atoms with E-state index in [0.29, 0.717) is 4.88 Å². The summed E-state index contributed by atoms with van der Waals surface area (Å²) >= 11 is 1.24. The number of fused-ring (bicyclic) bond motifs is 1. The van der Waals surface area contributed by atoms with Gasteiger partial charge in [-0.3, -0.25) is 4.79 Å². The molecule has 2 heterocycles. The predicted molar refractivity (Wildman–Crippen MR) is 114 cm³/mol. The minimum absolute atomic E-state index is 0.0436. The first-order valence-corrected chi connectivity index (χ1v) is 10.0. The maximum absolute atomic E-state index is 13.8. The van der Waals surface area contributed by atoms with Crippen LogP contribution in [-0.4, -0.2) is 28.3 Å². The molecule has 2 aromatic heterocycles. The SMILES string of the molecule is Cc1ccc(NC(=O)COC(=O)c2cc3c(C)nn(-c4ccccc4)c3s2)c(F)c1. The molecule has 0 unspecified atom stereocenters. The van der Waals surface area contributed by atoms with E-state index < -0.39 is 24.3 Å². The van der Waals surface area contributed by atoms with E-state index in [9.17, 15) is 14.0 Å². The summed E-state index contributed by atoms with van der Waals surface area (Å²) in [5.74, 6) is -1.77. The summed E-state index contributed by atoms with van der Waals surface area (Å²) in [6.07, 6.45) is 0. The Morgan fingerprint density at radius 3 is 2.63 bits per heavy atom. The van der Waals surface area contributed by atoms with Crippen molar-refractivity contribution in [2.45, 2.75) is 13.8 Å². The molecule has 1 N–H and O–H groups in total. The number of ether oxygens (including phenoxy) is 1. The molecule has 4 rings (SSSR count). The monoisotopic (exact) mass is 423 g/mol. The number of nitrogens with zero attached hydrogens (tertiary/aromatic N) is 2. The molecule has 0 atom stereocenters. The van der Waals surface area contributed by atoms with Gasteiger partial charge in [-0.15, -0.1) is 11.3 Å². The van der Waals surface area contributed by atoms with Gasteiger partial charge < -0.3 is 10.1 Å². The van der Waals surface area contributed by atoms with Crippen molar-refractivity contribution in [2.75, 3.05) is 11.9 Å². The van der Waals surface area contributed by atoms with Gasteiger partial charge in [0.2, 0.25) is 0 Å². The summed E-state index contributed by atoms with van der Waals surface area (Å²) in [6, 6.07) is 15.8. The number of hydrogen-bond acceptors (Lipinski definition) is 5. The fourth-order valence-electron chi connectivity index (χ4n) is 3.00. The van der Waals surface area contributed by atoms with Gasteiger partial charge in [0.1, 0.15) is 15.5 Å². The number of nitrogens with one attached hydrogen (secondary N) is 1. The molecular formula is C22H18FN3O3S. The second kappa shape index (κ2) is 8.08. The number of rotatable bonds is 5. The van der Waals surface area contributed by atoms with Gasteiger partial charge in [0.15, 0.2) is 6.61 Å². The van der Waals surface area contributed by atoms with Crippen molar-refractivity contribution in [3.8, 4) is 5.69 Å². The Labute approximate surface area is 175 Å². The van der Waals surface area contributed by atoms with Crippen LogP contribution in [-0.2, 0) is 9.53 Å². The average Bonchev–Trinajstić information content (AvgIpc) is 3.30. The molecule has 152 valence electrons. The number of hydrogen-bond donors (Lipinski definition) is 1. The number of esters is 1. The minimum atomic E-state index is -0.616. The first-order chi connectivity index (χ1) is 14.4. The smallest absolute Gasteiger partial charge is 0.348 e. The Hall–Kier alpha value is -3.52. The maximum Gasteiger partial charge on any atom is 0.348 e. The second-order valence-electron chi connectivity index (χ2n) is 6.77. The number of thiophene rings is 1. The molecule has 30 heavy (non-hydrogen) atoms. The fourth-order valence-corrected chi connectivity index (χ4v) is 4.08. The summed E-state index contributed by atoms with van der Waals surface area (Å²) < 4.78 is 20.7. The van der Waals surface area contributed by atoms with Gasteiger partial charge in [0.25, 0.3) is 5.91 Å². The Bertz CT molecular complexity index is 1250. The lowest BCUT2D eigenvalue weighted by Crippen LogP contribution is -2.21. The molecule has 0 bridgehead atoms. The van der Waals surface area contributed by atoms with Gasteiger partial charge >= 0.3 is 5.97 Å². The fraction of sp³-hybridized carbons (Fsp3) is 0.136. The maximum atomic E-state index is 13.8. The van der Waals surface area contributed by atoms with E-state index in [0.717, 1.165) is 27.2 Å². The molecule has 0 aliphatic heterocycles. The first-order valence-electron chi connectivity index (χ1n) is 9.20. The number of anilines is 1. The molecule has 0 saturated heterocycles. The van der Waals surface area contributed by atoms with Crippen molar-refractivity contribution in [3.05, 3.63) is 76.5 Å². The largest absolute Gasteiger partial charge is 0.451 e. The molecule has 4 aromatic rings. The number of halogens is 1. The second-order valence-corrected chi connectivity index (χ2v) is 7.80. The van der Waals surface area contributed by atoms with Crippen LogP contribution < -0.4 is 5.32 Å². The molecule has 0 saturated carbocycles. The topological polar surface area (TPSA) is 73.2 Å². The third kappa shape index (κ3) is 3.95. The number of carbonyl (C=O) groups is 2. The quantitative estimate of drug-likeness (QED) is 0.475. The van der Waals surface area contributed by atoms with Crippen LogP contribution in [0.1, 0.15) is 20.9 Å². The Kier molecular flexibility index (Phi) is 5.33. The zero-order valence-electron chi connectivity index (χ0n) is 16.3. The third-order valence-corrected chi connectivity index (χ3v) is 5.57. The van der Waals surface area contributed by atoms with Crippen LogP contribution in [0.4, 0.5) is 10.1 Å². The lowest BCUT2D eigenvalue weighted by molar-refractivity contribution is -0.119. The Morgan fingerprint density at radius 2 is 1.90 bits per heavy atom. The molecule has 0 fully saturated rings. The highest BCUT2D eigenvalue weighted by molar-refractivity contribution is 7.20. The Morgan fingerprint density at radius 1 is 1.13 bits per heavy atom. The van der Waals surface area contributed by atoms with E-state index in [1.807, 2.05) is 37.3 Å². The van der Waals surface area contributed by atoms with E-state index >= 15 is 0 Å². The van der Waals surface area contributed by atoms with Crippen molar-refractivity contribution >= 4 is 39.1 Å². The number of para-hydroxylation sites is 1. The van der Waals surface area contributed by atoms with E-state index in [1.54, 1.807) is 23.7 Å². The standard InChI is InChI=1S/C22H18FN3O3S/c1-13-8-9-18(17(23)10-13)24-20(27)12-29-22(28)19-11-16-14(2)25-26(21(16)30-19)15-6-4-3-5-7-15/h3-11H,12H2,1-2H3,(H,24,27). The molecule has 0 spiro atoms. The molecule has 0 aliphatic carbocycles. The predicted octanol–water partition coefficient (Wildman–Crippen LogP) is 4.64. The normalized spacial score (nSPS) is 10.9. The number of aromatic nitrogens is 2. The molecule has 8 heteroatoms. The molecule has 2 aromatic carbocycles. The summed E-state index contributed by atoms with van der Waals surface area (Å²) in [5.41, 5.74) is 2.46. The Balaban J connectivity index is 1.46. The number of benzene rings is 2. The van der Waals surface area contributed by atoms with Crippen molar-refractivity contribution in [3.63, 3.8) is 0 Å². The summed E-state index contributed by atoms with van der Waals surface area (Å²) in [4.78, 5) is 25.7. The van der Waals surface area contributed by atoms with Crippen LogP contribution in [0.5, 0.6) is 0 Å². The van der Waals surface area contributed by atoms with Crippen molar-refractivity contribution in [1.29, 1.82) is 0 Å². The highest BCUT2D eigenvalue weighted by atomic mass is 32.1. The van der Waals surface area contributed by atoms with Gasteiger partial charge in [0, 0.05) is 5.39 Å². The highest BCUT2D eigenvalue weighted by Gasteiger charge is 2.19. The highest BCUT2D eigenvalue weighted by Crippen LogP contribution is 2.30. The van der Waals surface area contributed by atoms with Crippen LogP contribution in [0.25, 0.3) is 15.9 Å². The van der Waals surface area contributed by atoms with Crippen molar-refractivity contribution < 1.29 is 18.7 Å². The van der Waals surface area contributed by atoms with Crippen LogP contribution in [0.2, 0.25) is 0 Å². The zero-order valence-corrected chi connectivity index (χ0v) is 17.1. The van der Waals surface area contributed by atoms with E-state index in [-0.39, 0.29) is 5.69 Å². The van der Waals surface area contributed by atoms with Crippen LogP contribution in [0.15, 0.2) is 54.6 Å². The number of aryl methyl sites for hydroxylation is 2. The number of amides is 1. The van der Waals surface area contributed by atoms with Gasteiger partial charge in [-0.2, -0.15) is 5.10 Å². The van der Waals surface area contributed by atoms with Gasteiger partial charge in [0.05, 0.1) is 17.1 Å². The number of carbonyl (C=O) groups excluding carboxylic acids is 2. The lowest BCUT2D eigenvalue weighted by atomic mass is 10.2. The lowest BCUT2D eigenvalue weighted by Gasteiger charge is -2.07. The van der Waals surface area contributed by atoms with Gasteiger partial charge in [-0.05, 0) is 49.7 Å². The van der Waals surface area contributed by atoms with Crippen molar-refractivity contribution in [1.82, 2.24) is 9.78 Å². The van der Waals surface area contributed by atoms with Crippen LogP contribution in [0.3, 0.4) is 0 Å². The summed E-state index contributed by atoms with van der Waals surface area (Å²) in [7, 11) is 0. The van der Waals surface area contributed by atoms with Gasteiger partial charge in [-0.1, -0.05) is 24.3 Å². The van der Waals surface area contributed by atoms with Crippen LogP contribution >= 0.6 is 11.3 Å².